The molecule has 0 radical (unpaired) electrons. The van der Waals surface area contributed by atoms with Gasteiger partial charge in [0.1, 0.15) is 10.6 Å². The lowest BCUT2D eigenvalue weighted by atomic mass is 10.1. The molecule has 0 fully saturated rings. The molecule has 3 N–H and O–H groups in total. The topological polar surface area (TPSA) is 107 Å². The number of carbonyl (C=O) groups is 3. The molecule has 0 aliphatic rings. The van der Waals surface area contributed by atoms with Gasteiger partial charge in [0.25, 0.3) is 0 Å². The van der Waals surface area contributed by atoms with Gasteiger partial charge in [0, 0.05) is 23.5 Å². The van der Waals surface area contributed by atoms with Gasteiger partial charge in [-0.15, -0.1) is 11.3 Å². The number of hydrogen-bond donors (Lipinski definition) is 3. The Kier molecular flexibility index (Phi) is 10.3. The van der Waals surface area contributed by atoms with Gasteiger partial charge in [-0.25, -0.2) is 9.59 Å². The molecule has 0 aromatic carbocycles. The molecule has 1 amide bonds. The molecule has 0 aliphatic heterocycles. The summed E-state index contributed by atoms with van der Waals surface area (Å²) < 4.78 is 0. The van der Waals surface area contributed by atoms with Gasteiger partial charge < -0.3 is 20.4 Å². The maximum absolute atomic E-state index is 11.6. The van der Waals surface area contributed by atoms with Crippen molar-refractivity contribution in [2.45, 2.75) is 65.3 Å². The first-order valence-electron chi connectivity index (χ1n) is 9.64. The van der Waals surface area contributed by atoms with Gasteiger partial charge in [-0.1, -0.05) is 39.0 Å². The molecule has 8 heteroatoms. The number of nitrogens with one attached hydrogen (secondary N) is 1. The highest BCUT2D eigenvalue weighted by atomic mass is 32.1. The number of thiophene rings is 1. The van der Waals surface area contributed by atoms with Gasteiger partial charge in [-0.2, -0.15) is 0 Å². The molecule has 0 bridgehead atoms. The molecule has 1 atom stereocenters. The molecule has 1 unspecified atom stereocenters. The van der Waals surface area contributed by atoms with Crippen LogP contribution in [0.1, 0.15) is 75.2 Å². The number of rotatable bonds is 12. The number of aromatic carboxylic acids is 1. The fourth-order valence-electron chi connectivity index (χ4n) is 2.91. The highest BCUT2D eigenvalue weighted by molar-refractivity contribution is 7.15. The summed E-state index contributed by atoms with van der Waals surface area (Å²) >= 11 is 0.993. The van der Waals surface area contributed by atoms with E-state index in [1.807, 2.05) is 13.1 Å². The van der Waals surface area contributed by atoms with Gasteiger partial charge in [0.15, 0.2) is 0 Å². The predicted molar refractivity (Wildman–Crippen MR) is 112 cm³/mol. The number of nitrogens with zero attached hydrogens (tertiary/aromatic N) is 1. The Morgan fingerprint density at radius 3 is 2.43 bits per heavy atom. The average molecular weight is 411 g/mol. The van der Waals surface area contributed by atoms with Crippen LogP contribution in [0.2, 0.25) is 0 Å². The van der Waals surface area contributed by atoms with E-state index in [9.17, 15) is 19.5 Å². The third kappa shape index (κ3) is 7.34. The minimum Gasteiger partial charge on any atom is -0.478 e. The normalized spacial score (nSPS) is 12.1. The van der Waals surface area contributed by atoms with Crippen LogP contribution in [-0.4, -0.2) is 45.5 Å². The van der Waals surface area contributed by atoms with Gasteiger partial charge >= 0.3 is 17.8 Å². The zero-order valence-electron chi connectivity index (χ0n) is 16.7. The summed E-state index contributed by atoms with van der Waals surface area (Å²) in [6.45, 7) is 7.18. The van der Waals surface area contributed by atoms with Crippen molar-refractivity contribution in [3.63, 3.8) is 0 Å². The van der Waals surface area contributed by atoms with Crippen LogP contribution in [0.3, 0.4) is 0 Å². The Morgan fingerprint density at radius 1 is 1.18 bits per heavy atom. The van der Waals surface area contributed by atoms with Gasteiger partial charge in [0.2, 0.25) is 0 Å². The van der Waals surface area contributed by atoms with Crippen LogP contribution in [0.4, 0.5) is 5.00 Å². The van der Waals surface area contributed by atoms with Crippen molar-refractivity contribution in [3.8, 4) is 0 Å². The maximum Gasteiger partial charge on any atom is 0.394 e. The van der Waals surface area contributed by atoms with E-state index in [0.717, 1.165) is 30.7 Å². The number of hydrogen-bond acceptors (Lipinski definition) is 5. The van der Waals surface area contributed by atoms with Crippen molar-refractivity contribution >= 4 is 40.3 Å². The van der Waals surface area contributed by atoms with Crippen LogP contribution in [0.25, 0.3) is 6.08 Å². The second-order valence-electron chi connectivity index (χ2n) is 6.66. The average Bonchev–Trinajstić information content (AvgIpc) is 3.04. The standard InChI is InChI=1S/C20H30N2O5S/c1-4-6-7-8-9-10-14(3)22(5-2)12-11-15-13-28-18(16(15)19(24)25)21-17(23)20(26)27/h11-14H,4-10H2,1-3H3,(H,21,23)(H,24,25)(H,26,27)/b12-11-. The van der Waals surface area contributed by atoms with Crippen LogP contribution in [0, 0.1) is 0 Å². The first-order valence-corrected chi connectivity index (χ1v) is 10.5. The third-order valence-corrected chi connectivity index (χ3v) is 5.47. The van der Waals surface area contributed by atoms with Crippen molar-refractivity contribution in [1.29, 1.82) is 0 Å². The van der Waals surface area contributed by atoms with Gasteiger partial charge in [-0.3, -0.25) is 4.79 Å². The summed E-state index contributed by atoms with van der Waals surface area (Å²) in [7, 11) is 0. The number of amides is 1. The Morgan fingerprint density at radius 2 is 1.86 bits per heavy atom. The molecule has 0 saturated heterocycles. The van der Waals surface area contributed by atoms with Crippen molar-refractivity contribution in [1.82, 2.24) is 4.90 Å². The van der Waals surface area contributed by atoms with E-state index < -0.39 is 17.8 Å². The zero-order valence-corrected chi connectivity index (χ0v) is 17.6. The summed E-state index contributed by atoms with van der Waals surface area (Å²) in [5.74, 6) is -4.13. The van der Waals surface area contributed by atoms with Crippen LogP contribution in [-0.2, 0) is 9.59 Å². The van der Waals surface area contributed by atoms with Crippen LogP contribution in [0.15, 0.2) is 11.6 Å². The number of carboxylic acid groups (broad SMARTS) is 2. The SMILES string of the molecule is CCCCCCCC(C)N(/C=C\c1csc(NC(=O)C(=O)O)c1C(=O)O)CC. The number of carboxylic acids is 2. The molecule has 0 spiro atoms. The molecule has 0 aliphatic carbocycles. The Hall–Kier alpha value is -2.35. The molecule has 1 rings (SSSR count). The first kappa shape index (κ1) is 23.7. The van der Waals surface area contributed by atoms with E-state index in [1.54, 1.807) is 11.5 Å². The smallest absolute Gasteiger partial charge is 0.394 e. The highest BCUT2D eigenvalue weighted by Gasteiger charge is 2.21. The maximum atomic E-state index is 11.6. The molecule has 28 heavy (non-hydrogen) atoms. The highest BCUT2D eigenvalue weighted by Crippen LogP contribution is 2.29. The van der Waals surface area contributed by atoms with E-state index in [2.05, 4.69) is 24.1 Å². The summed E-state index contributed by atoms with van der Waals surface area (Å²) in [6, 6.07) is 0.334. The second-order valence-corrected chi connectivity index (χ2v) is 7.54. The van der Waals surface area contributed by atoms with Crippen LogP contribution in [0.5, 0.6) is 0 Å². The molecule has 1 aromatic heterocycles. The lowest BCUT2D eigenvalue weighted by molar-refractivity contribution is -0.147. The molecule has 0 saturated carbocycles. The molecule has 156 valence electrons. The van der Waals surface area contributed by atoms with Crippen LogP contribution >= 0.6 is 11.3 Å². The molecule has 1 aromatic rings. The Bertz CT molecular complexity index is 699. The molecule has 7 nitrogen and oxygen atoms in total. The third-order valence-electron chi connectivity index (χ3n) is 4.56. The van der Waals surface area contributed by atoms with Crippen molar-refractivity contribution in [2.24, 2.45) is 0 Å². The number of unbranched alkanes of at least 4 members (excludes halogenated alkanes) is 4. The van der Waals surface area contributed by atoms with E-state index in [1.165, 1.54) is 25.7 Å². The minimum atomic E-state index is -1.66. The summed E-state index contributed by atoms with van der Waals surface area (Å²) in [5, 5.41) is 21.9. The van der Waals surface area contributed by atoms with Crippen molar-refractivity contribution < 1.29 is 24.6 Å². The van der Waals surface area contributed by atoms with Crippen molar-refractivity contribution in [3.05, 3.63) is 22.7 Å². The van der Waals surface area contributed by atoms with Gasteiger partial charge in [-0.05, 0) is 32.5 Å². The number of carbonyl (C=O) groups excluding carboxylic acids is 1. The second kappa shape index (κ2) is 12.2. The Balaban J connectivity index is 2.82. The quantitative estimate of drug-likeness (QED) is 0.346. The Labute approximate surface area is 170 Å². The van der Waals surface area contributed by atoms with E-state index in [-0.39, 0.29) is 10.6 Å². The van der Waals surface area contributed by atoms with E-state index in [0.29, 0.717) is 11.6 Å². The van der Waals surface area contributed by atoms with E-state index >= 15 is 0 Å². The lowest BCUT2D eigenvalue weighted by Crippen LogP contribution is -2.27. The number of anilines is 1. The van der Waals surface area contributed by atoms with Gasteiger partial charge in [0.05, 0.1) is 0 Å². The predicted octanol–water partition coefficient (Wildman–Crippen LogP) is 4.51. The molecular weight excluding hydrogens is 380 g/mol. The van der Waals surface area contributed by atoms with E-state index in [4.69, 9.17) is 5.11 Å². The van der Waals surface area contributed by atoms with Crippen LogP contribution < -0.4 is 5.32 Å². The largest absolute Gasteiger partial charge is 0.478 e. The summed E-state index contributed by atoms with van der Waals surface area (Å²) in [6.07, 6.45) is 10.8. The lowest BCUT2D eigenvalue weighted by Gasteiger charge is -2.26. The fraction of sp³-hybridized carbons (Fsp3) is 0.550. The monoisotopic (exact) mass is 410 g/mol. The zero-order chi connectivity index (χ0) is 21.1. The number of aliphatic carboxylic acids is 1. The molecule has 1 heterocycles. The van der Waals surface area contributed by atoms with Crippen molar-refractivity contribution in [2.75, 3.05) is 11.9 Å². The summed E-state index contributed by atoms with van der Waals surface area (Å²) in [4.78, 5) is 35.8. The fourth-order valence-corrected chi connectivity index (χ4v) is 3.83. The first-order chi connectivity index (χ1) is 13.3. The minimum absolute atomic E-state index is 0.0200. The molecular formula is C20H30N2O5S. The summed E-state index contributed by atoms with van der Waals surface area (Å²) in [5.41, 5.74) is 0.339.